The first-order valence-corrected chi connectivity index (χ1v) is 3.20. The van der Waals surface area contributed by atoms with Crippen LogP contribution in [0.25, 0.3) is 0 Å². The maximum atomic E-state index is 10.1. The predicted octanol–water partition coefficient (Wildman–Crippen LogP) is 0.830. The fourth-order valence-electron chi connectivity index (χ4n) is 0.403. The van der Waals surface area contributed by atoms with Crippen LogP contribution >= 0.6 is 0 Å². The lowest BCUT2D eigenvalue weighted by Crippen LogP contribution is -2.23. The van der Waals surface area contributed by atoms with Gasteiger partial charge in [0.05, 0.1) is 0 Å². The summed E-state index contributed by atoms with van der Waals surface area (Å²) >= 11 is 0. The molecule has 0 aliphatic rings. The van der Waals surface area contributed by atoms with Crippen molar-refractivity contribution in [3.63, 3.8) is 0 Å². The lowest BCUT2D eigenvalue weighted by atomic mass is 10.2. The van der Waals surface area contributed by atoms with E-state index >= 15 is 0 Å². The van der Waals surface area contributed by atoms with E-state index < -0.39 is 5.97 Å². The van der Waals surface area contributed by atoms with Crippen molar-refractivity contribution in [1.82, 2.24) is 5.32 Å². The van der Waals surface area contributed by atoms with Gasteiger partial charge in [0.1, 0.15) is 5.70 Å². The van der Waals surface area contributed by atoms with Crippen LogP contribution in [0.5, 0.6) is 0 Å². The van der Waals surface area contributed by atoms with Gasteiger partial charge in [0, 0.05) is 6.54 Å². The van der Waals surface area contributed by atoms with Crippen LogP contribution in [-0.2, 0) is 4.79 Å². The van der Waals surface area contributed by atoms with Crippen LogP contribution in [0.15, 0.2) is 12.3 Å². The number of rotatable bonds is 4. The summed E-state index contributed by atoms with van der Waals surface area (Å²) in [7, 11) is 0. The molecule has 0 aromatic heterocycles. The molecule has 0 spiro atoms. The first kappa shape index (κ1) is 9.01. The van der Waals surface area contributed by atoms with Gasteiger partial charge in [-0.25, -0.2) is 4.79 Å². The molecular weight excluding hydrogens is 130 g/mol. The van der Waals surface area contributed by atoms with Crippen molar-refractivity contribution in [2.75, 3.05) is 6.54 Å². The van der Waals surface area contributed by atoms with Gasteiger partial charge in [0.25, 0.3) is 0 Å². The van der Waals surface area contributed by atoms with Gasteiger partial charge in [0.2, 0.25) is 0 Å². The van der Waals surface area contributed by atoms with Crippen molar-refractivity contribution in [2.24, 2.45) is 5.92 Å². The first-order chi connectivity index (χ1) is 4.54. The molecular formula is C7H13NO2. The van der Waals surface area contributed by atoms with E-state index in [1.54, 1.807) is 0 Å². The molecule has 0 heterocycles. The third kappa shape index (κ3) is 3.95. The number of carboxylic acid groups (broad SMARTS) is 1. The standard InChI is InChI=1S/C7H13NO2/c1-5(2)4-8-6(3)7(9)10/h5,8H,3-4H2,1-2H3,(H,9,10). The molecule has 58 valence electrons. The normalized spacial score (nSPS) is 9.50. The molecule has 2 N–H and O–H groups in total. The summed E-state index contributed by atoms with van der Waals surface area (Å²) in [6.07, 6.45) is 0. The second-order valence-electron chi connectivity index (χ2n) is 2.56. The highest BCUT2D eigenvalue weighted by Gasteiger charge is 2.02. The summed E-state index contributed by atoms with van der Waals surface area (Å²) in [4.78, 5) is 10.1. The van der Waals surface area contributed by atoms with Gasteiger partial charge < -0.3 is 10.4 Å². The van der Waals surface area contributed by atoms with E-state index in [1.807, 2.05) is 13.8 Å². The Labute approximate surface area is 60.7 Å². The Morgan fingerprint density at radius 3 is 2.50 bits per heavy atom. The molecule has 3 heteroatoms. The summed E-state index contributed by atoms with van der Waals surface area (Å²) in [5.74, 6) is -0.545. The van der Waals surface area contributed by atoms with Crippen molar-refractivity contribution in [3.05, 3.63) is 12.3 Å². The molecule has 0 atom stereocenters. The maximum Gasteiger partial charge on any atom is 0.351 e. The fourth-order valence-corrected chi connectivity index (χ4v) is 0.403. The Morgan fingerprint density at radius 1 is 1.70 bits per heavy atom. The third-order valence-electron chi connectivity index (χ3n) is 0.982. The molecule has 0 radical (unpaired) electrons. The maximum absolute atomic E-state index is 10.1. The molecule has 0 amide bonds. The molecule has 0 rings (SSSR count). The van der Waals surface area contributed by atoms with Gasteiger partial charge in [-0.2, -0.15) is 0 Å². The lowest BCUT2D eigenvalue weighted by molar-refractivity contribution is -0.133. The van der Waals surface area contributed by atoms with Gasteiger partial charge in [-0.1, -0.05) is 20.4 Å². The molecule has 0 bridgehead atoms. The highest BCUT2D eigenvalue weighted by Crippen LogP contribution is 1.90. The zero-order valence-corrected chi connectivity index (χ0v) is 6.35. The Hall–Kier alpha value is -0.990. The van der Waals surface area contributed by atoms with E-state index in [0.717, 1.165) is 0 Å². The number of aliphatic carboxylic acids is 1. The average molecular weight is 143 g/mol. The summed E-state index contributed by atoms with van der Waals surface area (Å²) in [5.41, 5.74) is 0.0636. The minimum absolute atomic E-state index is 0.0636. The van der Waals surface area contributed by atoms with E-state index in [1.165, 1.54) is 0 Å². The van der Waals surface area contributed by atoms with Crippen LogP contribution in [0.4, 0.5) is 0 Å². The van der Waals surface area contributed by atoms with E-state index in [2.05, 4.69) is 11.9 Å². The largest absolute Gasteiger partial charge is 0.477 e. The number of hydrogen-bond donors (Lipinski definition) is 2. The van der Waals surface area contributed by atoms with Gasteiger partial charge in [0.15, 0.2) is 0 Å². The smallest absolute Gasteiger partial charge is 0.351 e. The molecule has 0 fully saturated rings. The van der Waals surface area contributed by atoms with Crippen LogP contribution in [-0.4, -0.2) is 17.6 Å². The Bertz CT molecular complexity index is 141. The highest BCUT2D eigenvalue weighted by molar-refractivity contribution is 5.84. The van der Waals surface area contributed by atoms with Crippen LogP contribution in [0.1, 0.15) is 13.8 Å². The van der Waals surface area contributed by atoms with E-state index in [4.69, 9.17) is 5.11 Å². The summed E-state index contributed by atoms with van der Waals surface area (Å²) in [5, 5.41) is 11.0. The zero-order valence-electron chi connectivity index (χ0n) is 6.35. The fraction of sp³-hybridized carbons (Fsp3) is 0.571. The highest BCUT2D eigenvalue weighted by atomic mass is 16.4. The average Bonchev–Trinajstić information content (AvgIpc) is 1.82. The van der Waals surface area contributed by atoms with Crippen molar-refractivity contribution < 1.29 is 9.90 Å². The van der Waals surface area contributed by atoms with Gasteiger partial charge in [-0.15, -0.1) is 0 Å². The molecule has 0 aromatic carbocycles. The Morgan fingerprint density at radius 2 is 2.20 bits per heavy atom. The van der Waals surface area contributed by atoms with Gasteiger partial charge in [-0.05, 0) is 5.92 Å². The Kier molecular flexibility index (Phi) is 3.54. The van der Waals surface area contributed by atoms with Crippen LogP contribution in [0.3, 0.4) is 0 Å². The number of nitrogens with one attached hydrogen (secondary N) is 1. The monoisotopic (exact) mass is 143 g/mol. The molecule has 0 saturated heterocycles. The molecule has 0 saturated carbocycles. The lowest BCUT2D eigenvalue weighted by Gasteiger charge is -2.06. The van der Waals surface area contributed by atoms with Crippen molar-refractivity contribution in [2.45, 2.75) is 13.8 Å². The zero-order chi connectivity index (χ0) is 8.15. The number of carboxylic acids is 1. The molecule has 0 aliphatic heterocycles. The quantitative estimate of drug-likeness (QED) is 0.573. The molecule has 0 aromatic rings. The van der Waals surface area contributed by atoms with Crippen LogP contribution < -0.4 is 5.32 Å². The van der Waals surface area contributed by atoms with Crippen molar-refractivity contribution in [3.8, 4) is 0 Å². The SMILES string of the molecule is C=C(NCC(C)C)C(=O)O. The van der Waals surface area contributed by atoms with Crippen molar-refractivity contribution >= 4 is 5.97 Å². The molecule has 3 nitrogen and oxygen atoms in total. The second-order valence-corrected chi connectivity index (χ2v) is 2.56. The van der Waals surface area contributed by atoms with E-state index in [9.17, 15) is 4.79 Å². The summed E-state index contributed by atoms with van der Waals surface area (Å²) < 4.78 is 0. The summed E-state index contributed by atoms with van der Waals surface area (Å²) in [6.45, 7) is 7.98. The van der Waals surface area contributed by atoms with E-state index in [0.29, 0.717) is 12.5 Å². The minimum Gasteiger partial charge on any atom is -0.477 e. The van der Waals surface area contributed by atoms with Crippen molar-refractivity contribution in [1.29, 1.82) is 0 Å². The summed E-state index contributed by atoms with van der Waals surface area (Å²) in [6, 6.07) is 0. The minimum atomic E-state index is -0.986. The molecule has 0 unspecified atom stereocenters. The van der Waals surface area contributed by atoms with Gasteiger partial charge in [-0.3, -0.25) is 0 Å². The number of carbonyl (C=O) groups is 1. The van der Waals surface area contributed by atoms with Crippen LogP contribution in [0.2, 0.25) is 0 Å². The first-order valence-electron chi connectivity index (χ1n) is 3.20. The molecule has 10 heavy (non-hydrogen) atoms. The van der Waals surface area contributed by atoms with Crippen LogP contribution in [0, 0.1) is 5.92 Å². The number of hydrogen-bond acceptors (Lipinski definition) is 2. The topological polar surface area (TPSA) is 49.3 Å². The molecule has 0 aliphatic carbocycles. The third-order valence-corrected chi connectivity index (χ3v) is 0.982. The van der Waals surface area contributed by atoms with Gasteiger partial charge >= 0.3 is 5.97 Å². The predicted molar refractivity (Wildman–Crippen MR) is 39.6 cm³/mol. The Balaban J connectivity index is 3.50. The van der Waals surface area contributed by atoms with E-state index in [-0.39, 0.29) is 5.70 Å². The second kappa shape index (κ2) is 3.93.